The van der Waals surface area contributed by atoms with Crippen molar-refractivity contribution in [2.45, 2.75) is 57.7 Å². The molecular formula is C19H26N2O5. The number of carbonyl (C=O) groups excluding carboxylic acids is 2. The predicted octanol–water partition coefficient (Wildman–Crippen LogP) is 2.20. The van der Waals surface area contributed by atoms with Gasteiger partial charge in [-0.2, -0.15) is 0 Å². The molecule has 7 heteroatoms. The van der Waals surface area contributed by atoms with E-state index in [0.29, 0.717) is 19.4 Å². The summed E-state index contributed by atoms with van der Waals surface area (Å²) in [4.78, 5) is 37.8. The van der Waals surface area contributed by atoms with Gasteiger partial charge in [0.2, 0.25) is 5.91 Å². The van der Waals surface area contributed by atoms with Crippen molar-refractivity contribution in [2.75, 3.05) is 6.54 Å². The summed E-state index contributed by atoms with van der Waals surface area (Å²) < 4.78 is 5.34. The van der Waals surface area contributed by atoms with E-state index in [1.54, 1.807) is 20.8 Å². The van der Waals surface area contributed by atoms with E-state index in [0.717, 1.165) is 5.56 Å². The lowest BCUT2D eigenvalue weighted by Crippen LogP contribution is -2.52. The standard InChI is InChI=1S/C19H26N2O5/c1-19(2,3)26-18(25)21-11-7-10-15(21)16(22)20-14(17(23)24)12-13-8-5-4-6-9-13/h4-6,8-9,14-15H,7,10-12H2,1-3H3,(H,20,22)(H,23,24)/t14-,15+/m1/s1. The maximum absolute atomic E-state index is 12.6. The molecule has 1 fully saturated rings. The molecule has 0 radical (unpaired) electrons. The molecule has 1 aliphatic heterocycles. The number of nitrogens with zero attached hydrogens (tertiary/aromatic N) is 1. The van der Waals surface area contributed by atoms with Gasteiger partial charge in [0.25, 0.3) is 0 Å². The topological polar surface area (TPSA) is 95.9 Å². The Morgan fingerprint density at radius 2 is 1.92 bits per heavy atom. The number of rotatable bonds is 5. The third-order valence-electron chi connectivity index (χ3n) is 4.08. The molecule has 7 nitrogen and oxygen atoms in total. The fraction of sp³-hybridized carbons (Fsp3) is 0.526. The van der Waals surface area contributed by atoms with Gasteiger partial charge in [0, 0.05) is 13.0 Å². The SMILES string of the molecule is CC(C)(C)OC(=O)N1CCC[C@H]1C(=O)N[C@H](Cc1ccccc1)C(=O)O. The molecular weight excluding hydrogens is 336 g/mol. The van der Waals surface area contributed by atoms with Gasteiger partial charge in [-0.15, -0.1) is 0 Å². The van der Waals surface area contributed by atoms with Crippen molar-refractivity contribution in [3.05, 3.63) is 35.9 Å². The van der Waals surface area contributed by atoms with Gasteiger partial charge in [0.1, 0.15) is 17.7 Å². The molecule has 2 amide bonds. The molecule has 26 heavy (non-hydrogen) atoms. The zero-order chi connectivity index (χ0) is 19.3. The van der Waals surface area contributed by atoms with Gasteiger partial charge in [0.15, 0.2) is 0 Å². The van der Waals surface area contributed by atoms with E-state index in [-0.39, 0.29) is 6.42 Å². The summed E-state index contributed by atoms with van der Waals surface area (Å²) in [5.41, 5.74) is 0.160. The van der Waals surface area contributed by atoms with Crippen LogP contribution in [0, 0.1) is 0 Å². The molecule has 142 valence electrons. The number of carboxylic acids is 1. The maximum atomic E-state index is 12.6. The summed E-state index contributed by atoms with van der Waals surface area (Å²) in [5, 5.41) is 12.0. The summed E-state index contributed by atoms with van der Waals surface area (Å²) in [6, 6.07) is 7.34. The van der Waals surface area contributed by atoms with Crippen molar-refractivity contribution in [1.82, 2.24) is 10.2 Å². The number of ether oxygens (including phenoxy) is 1. The van der Waals surface area contributed by atoms with Crippen LogP contribution in [-0.4, -0.2) is 52.2 Å². The van der Waals surface area contributed by atoms with Crippen LogP contribution in [0.15, 0.2) is 30.3 Å². The van der Waals surface area contributed by atoms with Gasteiger partial charge in [-0.1, -0.05) is 30.3 Å². The van der Waals surface area contributed by atoms with Crippen LogP contribution >= 0.6 is 0 Å². The van der Waals surface area contributed by atoms with Crippen LogP contribution in [0.4, 0.5) is 4.79 Å². The smallest absolute Gasteiger partial charge is 0.410 e. The summed E-state index contributed by atoms with van der Waals surface area (Å²) in [5.74, 6) is -1.57. The first kappa shape index (κ1) is 19.8. The molecule has 2 N–H and O–H groups in total. The Morgan fingerprint density at radius 3 is 2.50 bits per heavy atom. The minimum atomic E-state index is -1.11. The maximum Gasteiger partial charge on any atom is 0.410 e. The van der Waals surface area contributed by atoms with E-state index in [1.807, 2.05) is 30.3 Å². The first-order chi connectivity index (χ1) is 12.2. The largest absolute Gasteiger partial charge is 0.480 e. The van der Waals surface area contributed by atoms with Crippen LogP contribution < -0.4 is 5.32 Å². The average Bonchev–Trinajstić information content (AvgIpc) is 3.03. The fourth-order valence-corrected chi connectivity index (χ4v) is 2.90. The lowest BCUT2D eigenvalue weighted by molar-refractivity contribution is -0.142. The minimum Gasteiger partial charge on any atom is -0.480 e. The van der Waals surface area contributed by atoms with E-state index in [4.69, 9.17) is 4.74 Å². The van der Waals surface area contributed by atoms with Crippen molar-refractivity contribution in [3.63, 3.8) is 0 Å². The number of carbonyl (C=O) groups is 3. The Kier molecular flexibility index (Phi) is 6.23. The molecule has 0 bridgehead atoms. The minimum absolute atomic E-state index is 0.182. The number of carboxylic acid groups (broad SMARTS) is 1. The van der Waals surface area contributed by atoms with Crippen molar-refractivity contribution >= 4 is 18.0 Å². The van der Waals surface area contributed by atoms with Crippen molar-refractivity contribution in [2.24, 2.45) is 0 Å². The molecule has 2 rings (SSSR count). The molecule has 0 saturated carbocycles. The summed E-state index contributed by atoms with van der Waals surface area (Å²) in [6.07, 6.45) is 0.794. The molecule has 1 aromatic carbocycles. The molecule has 1 aromatic rings. The van der Waals surface area contributed by atoms with Crippen LogP contribution in [-0.2, 0) is 20.7 Å². The third-order valence-corrected chi connectivity index (χ3v) is 4.08. The molecule has 2 atom stereocenters. The summed E-state index contributed by atoms with van der Waals surface area (Å²) in [7, 11) is 0. The Balaban J connectivity index is 2.03. The zero-order valence-electron chi connectivity index (χ0n) is 15.4. The van der Waals surface area contributed by atoms with E-state index in [2.05, 4.69) is 5.32 Å². The van der Waals surface area contributed by atoms with E-state index in [1.165, 1.54) is 4.90 Å². The Hall–Kier alpha value is -2.57. The third kappa shape index (κ3) is 5.47. The van der Waals surface area contributed by atoms with Crippen LogP contribution in [0.25, 0.3) is 0 Å². The van der Waals surface area contributed by atoms with Crippen LogP contribution in [0.5, 0.6) is 0 Å². The lowest BCUT2D eigenvalue weighted by atomic mass is 10.1. The molecule has 1 saturated heterocycles. The number of nitrogens with one attached hydrogen (secondary N) is 1. The van der Waals surface area contributed by atoms with Gasteiger partial charge in [-0.05, 0) is 39.2 Å². The molecule has 0 aliphatic carbocycles. The normalized spacial score (nSPS) is 18.3. The lowest BCUT2D eigenvalue weighted by Gasteiger charge is -2.28. The van der Waals surface area contributed by atoms with Crippen LogP contribution in [0.1, 0.15) is 39.2 Å². The van der Waals surface area contributed by atoms with Gasteiger partial charge in [-0.25, -0.2) is 9.59 Å². The van der Waals surface area contributed by atoms with Gasteiger partial charge < -0.3 is 15.2 Å². The van der Waals surface area contributed by atoms with Gasteiger partial charge in [0.05, 0.1) is 0 Å². The summed E-state index contributed by atoms with van der Waals surface area (Å²) in [6.45, 7) is 5.70. The van der Waals surface area contributed by atoms with Gasteiger partial charge >= 0.3 is 12.1 Å². The number of amides is 2. The molecule has 1 aliphatic rings. The quantitative estimate of drug-likeness (QED) is 0.837. The van der Waals surface area contributed by atoms with E-state index >= 15 is 0 Å². The monoisotopic (exact) mass is 362 g/mol. The fourth-order valence-electron chi connectivity index (χ4n) is 2.90. The molecule has 0 unspecified atom stereocenters. The van der Waals surface area contributed by atoms with Crippen LogP contribution in [0.2, 0.25) is 0 Å². The van der Waals surface area contributed by atoms with Crippen molar-refractivity contribution < 1.29 is 24.2 Å². The Labute approximate surface area is 153 Å². The second kappa shape index (κ2) is 8.21. The summed E-state index contributed by atoms with van der Waals surface area (Å²) >= 11 is 0. The number of hydrogen-bond donors (Lipinski definition) is 2. The number of hydrogen-bond acceptors (Lipinski definition) is 4. The first-order valence-electron chi connectivity index (χ1n) is 8.74. The number of likely N-dealkylation sites (tertiary alicyclic amines) is 1. The average molecular weight is 362 g/mol. The molecule has 0 spiro atoms. The Morgan fingerprint density at radius 1 is 1.27 bits per heavy atom. The first-order valence-corrected chi connectivity index (χ1v) is 8.74. The van der Waals surface area contributed by atoms with Crippen LogP contribution in [0.3, 0.4) is 0 Å². The second-order valence-electron chi connectivity index (χ2n) is 7.42. The van der Waals surface area contributed by atoms with Crippen molar-refractivity contribution in [1.29, 1.82) is 0 Å². The van der Waals surface area contributed by atoms with Gasteiger partial charge in [-0.3, -0.25) is 9.69 Å². The highest BCUT2D eigenvalue weighted by atomic mass is 16.6. The zero-order valence-corrected chi connectivity index (χ0v) is 15.4. The molecule has 1 heterocycles. The highest BCUT2D eigenvalue weighted by Gasteiger charge is 2.37. The second-order valence-corrected chi connectivity index (χ2v) is 7.42. The van der Waals surface area contributed by atoms with Crippen molar-refractivity contribution in [3.8, 4) is 0 Å². The Bertz CT molecular complexity index is 654. The highest BCUT2D eigenvalue weighted by molar-refractivity contribution is 5.89. The molecule has 0 aromatic heterocycles. The van der Waals surface area contributed by atoms with E-state index < -0.39 is 35.7 Å². The van der Waals surface area contributed by atoms with E-state index in [9.17, 15) is 19.5 Å². The highest BCUT2D eigenvalue weighted by Crippen LogP contribution is 2.21. The number of aliphatic carboxylic acids is 1. The predicted molar refractivity (Wildman–Crippen MR) is 95.7 cm³/mol. The number of benzene rings is 1.